The molecule has 0 radical (unpaired) electrons. The average molecular weight is 430 g/mol. The van der Waals surface area contributed by atoms with Gasteiger partial charge in [-0.2, -0.15) is 0 Å². The fourth-order valence-corrected chi connectivity index (χ4v) is 4.72. The van der Waals surface area contributed by atoms with Crippen LogP contribution in [0.3, 0.4) is 0 Å². The number of amides is 1. The highest BCUT2D eigenvalue weighted by Crippen LogP contribution is 2.34. The summed E-state index contributed by atoms with van der Waals surface area (Å²) in [5.74, 6) is 0.00948. The molecule has 0 bridgehead atoms. The highest BCUT2D eigenvalue weighted by Gasteiger charge is 2.28. The fraction of sp³-hybridized carbons (Fsp3) is 0.192. The summed E-state index contributed by atoms with van der Waals surface area (Å²) in [7, 11) is 0. The number of halogens is 1. The van der Waals surface area contributed by atoms with Gasteiger partial charge in [0, 0.05) is 43.8 Å². The molecule has 1 aliphatic rings. The number of nitrogens with zero attached hydrogens (tertiary/aromatic N) is 3. The largest absolute Gasteiger partial charge is 0.336 e. The first-order chi connectivity index (χ1) is 15.2. The van der Waals surface area contributed by atoms with Gasteiger partial charge in [0.2, 0.25) is 0 Å². The molecule has 1 aliphatic heterocycles. The number of aromatic nitrogens is 1. The van der Waals surface area contributed by atoms with Crippen LogP contribution in [-0.2, 0) is 6.54 Å². The molecule has 0 spiro atoms. The highest BCUT2D eigenvalue weighted by molar-refractivity contribution is 6.36. The lowest BCUT2D eigenvalue weighted by Gasteiger charge is -2.34. The van der Waals surface area contributed by atoms with Gasteiger partial charge in [0.1, 0.15) is 5.15 Å². The maximum Gasteiger partial charge on any atom is 0.257 e. The third-order valence-corrected chi connectivity index (χ3v) is 6.31. The number of hydrogen-bond acceptors (Lipinski definition) is 2. The SMILES string of the molecule is O=C(c1c(Cl)n(-c2ccccc2)c2ccccc12)N1CCN(Cc2ccccc2)CC1. The van der Waals surface area contributed by atoms with Crippen molar-refractivity contribution in [3.63, 3.8) is 0 Å². The van der Waals surface area contributed by atoms with Crippen LogP contribution in [0.25, 0.3) is 16.6 Å². The quantitative estimate of drug-likeness (QED) is 0.443. The molecule has 5 heteroatoms. The van der Waals surface area contributed by atoms with Crippen molar-refractivity contribution in [2.24, 2.45) is 0 Å². The number of fused-ring (bicyclic) bond motifs is 1. The van der Waals surface area contributed by atoms with Gasteiger partial charge >= 0.3 is 0 Å². The van der Waals surface area contributed by atoms with Gasteiger partial charge in [0.15, 0.2) is 0 Å². The van der Waals surface area contributed by atoms with Crippen molar-refractivity contribution in [2.75, 3.05) is 26.2 Å². The summed E-state index contributed by atoms with van der Waals surface area (Å²) in [5.41, 5.74) is 3.80. The van der Waals surface area contributed by atoms with E-state index >= 15 is 0 Å². The molecule has 4 aromatic rings. The van der Waals surface area contributed by atoms with Crippen molar-refractivity contribution < 1.29 is 4.79 Å². The van der Waals surface area contributed by atoms with Crippen molar-refractivity contribution in [1.82, 2.24) is 14.4 Å². The van der Waals surface area contributed by atoms with Crippen molar-refractivity contribution in [3.05, 3.63) is 101 Å². The summed E-state index contributed by atoms with van der Waals surface area (Å²) in [6.45, 7) is 4.03. The van der Waals surface area contributed by atoms with E-state index in [1.807, 2.05) is 70.1 Å². The molecule has 31 heavy (non-hydrogen) atoms. The van der Waals surface area contributed by atoms with Crippen LogP contribution < -0.4 is 0 Å². The molecule has 0 aliphatic carbocycles. The molecule has 5 rings (SSSR count). The second-order valence-corrected chi connectivity index (χ2v) is 8.27. The number of piperazine rings is 1. The van der Waals surface area contributed by atoms with Crippen LogP contribution in [0.15, 0.2) is 84.9 Å². The summed E-state index contributed by atoms with van der Waals surface area (Å²) < 4.78 is 1.97. The molecule has 0 atom stereocenters. The maximum absolute atomic E-state index is 13.6. The number of para-hydroxylation sites is 2. The van der Waals surface area contributed by atoms with E-state index in [9.17, 15) is 4.79 Å². The molecule has 0 N–H and O–H groups in total. The van der Waals surface area contributed by atoms with Gasteiger partial charge in [-0.1, -0.05) is 78.3 Å². The predicted molar refractivity (Wildman–Crippen MR) is 126 cm³/mol. The number of carbonyl (C=O) groups excluding carboxylic acids is 1. The van der Waals surface area contributed by atoms with Crippen molar-refractivity contribution in [1.29, 1.82) is 0 Å². The first kappa shape index (κ1) is 19.9. The number of hydrogen-bond donors (Lipinski definition) is 0. The third-order valence-electron chi connectivity index (χ3n) is 5.95. The Morgan fingerprint density at radius 1 is 0.774 bits per heavy atom. The minimum atomic E-state index is 0.00948. The Morgan fingerprint density at radius 3 is 2.10 bits per heavy atom. The fourth-order valence-electron chi connectivity index (χ4n) is 4.35. The third kappa shape index (κ3) is 3.85. The van der Waals surface area contributed by atoms with Gasteiger partial charge in [0.25, 0.3) is 5.91 Å². The van der Waals surface area contributed by atoms with Crippen LogP contribution in [0.1, 0.15) is 15.9 Å². The normalized spacial score (nSPS) is 14.8. The molecule has 1 aromatic heterocycles. The van der Waals surface area contributed by atoms with E-state index in [0.29, 0.717) is 23.8 Å². The van der Waals surface area contributed by atoms with Crippen molar-refractivity contribution in [2.45, 2.75) is 6.54 Å². The lowest BCUT2D eigenvalue weighted by molar-refractivity contribution is 0.0630. The second-order valence-electron chi connectivity index (χ2n) is 7.91. The zero-order valence-electron chi connectivity index (χ0n) is 17.2. The van der Waals surface area contributed by atoms with Gasteiger partial charge < -0.3 is 4.90 Å². The molecule has 156 valence electrons. The molecule has 0 saturated carbocycles. The summed E-state index contributed by atoms with van der Waals surface area (Å²) in [6.07, 6.45) is 0. The molecule has 3 aromatic carbocycles. The lowest BCUT2D eigenvalue weighted by Crippen LogP contribution is -2.48. The van der Waals surface area contributed by atoms with Crippen LogP contribution >= 0.6 is 11.6 Å². The number of carbonyl (C=O) groups is 1. The summed E-state index contributed by atoms with van der Waals surface area (Å²) in [4.78, 5) is 17.9. The van der Waals surface area contributed by atoms with Crippen LogP contribution in [0.4, 0.5) is 0 Å². The van der Waals surface area contributed by atoms with Crippen molar-refractivity contribution >= 4 is 28.4 Å². The minimum Gasteiger partial charge on any atom is -0.336 e. The standard InChI is InChI=1S/C26H24ClN3O/c27-25-24(22-13-7-8-14-23(22)30(25)21-11-5-2-6-12-21)26(31)29-17-15-28(16-18-29)19-20-9-3-1-4-10-20/h1-14H,15-19H2. The van der Waals surface area contributed by atoms with Gasteiger partial charge in [-0.25, -0.2) is 0 Å². The summed E-state index contributed by atoms with van der Waals surface area (Å²) in [6, 6.07) is 28.4. The predicted octanol–water partition coefficient (Wildman–Crippen LogP) is 5.24. The average Bonchev–Trinajstić information content (AvgIpc) is 3.12. The molecule has 1 fully saturated rings. The smallest absolute Gasteiger partial charge is 0.257 e. The number of benzene rings is 3. The van der Waals surface area contributed by atoms with Crippen molar-refractivity contribution in [3.8, 4) is 5.69 Å². The Balaban J connectivity index is 1.40. The molecule has 1 amide bonds. The molecule has 2 heterocycles. The van der Waals surface area contributed by atoms with Crippen LogP contribution in [0.5, 0.6) is 0 Å². The van der Waals surface area contributed by atoms with Crippen LogP contribution in [0, 0.1) is 0 Å². The van der Waals surface area contributed by atoms with Gasteiger partial charge in [-0.15, -0.1) is 0 Å². The Morgan fingerprint density at radius 2 is 1.39 bits per heavy atom. The monoisotopic (exact) mass is 429 g/mol. The zero-order valence-corrected chi connectivity index (χ0v) is 18.0. The molecular weight excluding hydrogens is 406 g/mol. The molecule has 1 saturated heterocycles. The first-order valence-electron chi connectivity index (χ1n) is 10.6. The van der Waals surface area contributed by atoms with Gasteiger partial charge in [-0.05, 0) is 23.8 Å². The Labute approximate surface area is 187 Å². The summed E-state index contributed by atoms with van der Waals surface area (Å²) >= 11 is 6.84. The molecule has 4 nitrogen and oxygen atoms in total. The van der Waals surface area contributed by atoms with Crippen LogP contribution in [-0.4, -0.2) is 46.5 Å². The lowest BCUT2D eigenvalue weighted by atomic mass is 10.1. The van der Waals surface area contributed by atoms with E-state index < -0.39 is 0 Å². The molecule has 0 unspecified atom stereocenters. The first-order valence-corrected chi connectivity index (χ1v) is 11.0. The van der Waals surface area contributed by atoms with Gasteiger partial charge in [-0.3, -0.25) is 14.3 Å². The van der Waals surface area contributed by atoms with Crippen LogP contribution in [0.2, 0.25) is 5.15 Å². The second kappa shape index (κ2) is 8.58. The topological polar surface area (TPSA) is 28.5 Å². The number of rotatable bonds is 4. The Kier molecular flexibility index (Phi) is 5.49. The highest BCUT2D eigenvalue weighted by atomic mass is 35.5. The molecular formula is C26H24ClN3O. The maximum atomic E-state index is 13.6. The van der Waals surface area contributed by atoms with E-state index in [-0.39, 0.29) is 5.91 Å². The minimum absolute atomic E-state index is 0.00948. The summed E-state index contributed by atoms with van der Waals surface area (Å²) in [5, 5.41) is 1.37. The van der Waals surface area contributed by atoms with Gasteiger partial charge in [0.05, 0.1) is 11.1 Å². The van der Waals surface area contributed by atoms with E-state index in [0.717, 1.165) is 36.2 Å². The Bertz CT molecular complexity index is 1200. The van der Waals surface area contributed by atoms with E-state index in [1.54, 1.807) is 0 Å². The van der Waals surface area contributed by atoms with E-state index in [4.69, 9.17) is 11.6 Å². The van der Waals surface area contributed by atoms with E-state index in [2.05, 4.69) is 29.2 Å². The zero-order chi connectivity index (χ0) is 21.2. The Hall–Kier alpha value is -3.08. The van der Waals surface area contributed by atoms with E-state index in [1.165, 1.54) is 5.56 Å².